The second-order valence-electron chi connectivity index (χ2n) is 4.61. The van der Waals surface area contributed by atoms with E-state index in [2.05, 4.69) is 0 Å². The van der Waals surface area contributed by atoms with Crippen molar-refractivity contribution in [2.24, 2.45) is 0 Å². The molecule has 98 valence electrons. The molecule has 1 amide bonds. The number of amides is 1. The first-order valence-corrected chi connectivity index (χ1v) is 6.24. The zero-order chi connectivity index (χ0) is 13.8. The SMILES string of the molecule is CC(C)N(C(=O)c1ccc(F)cc1)c1ccccc1. The van der Waals surface area contributed by atoms with Gasteiger partial charge in [-0.15, -0.1) is 0 Å². The van der Waals surface area contributed by atoms with Gasteiger partial charge in [-0.25, -0.2) is 4.39 Å². The molecule has 2 rings (SSSR count). The molecule has 0 atom stereocenters. The van der Waals surface area contributed by atoms with Gasteiger partial charge in [0.05, 0.1) is 0 Å². The highest BCUT2D eigenvalue weighted by molar-refractivity contribution is 6.06. The van der Waals surface area contributed by atoms with Crippen molar-refractivity contribution < 1.29 is 9.18 Å². The Bertz CT molecular complexity index is 549. The first kappa shape index (κ1) is 13.3. The van der Waals surface area contributed by atoms with Crippen LogP contribution in [0.4, 0.5) is 10.1 Å². The van der Waals surface area contributed by atoms with E-state index in [1.165, 1.54) is 24.3 Å². The molecule has 0 aliphatic rings. The molecule has 0 aromatic heterocycles. The van der Waals surface area contributed by atoms with Gasteiger partial charge in [0.2, 0.25) is 0 Å². The smallest absolute Gasteiger partial charge is 0.258 e. The highest BCUT2D eigenvalue weighted by Crippen LogP contribution is 2.19. The van der Waals surface area contributed by atoms with Crippen LogP contribution < -0.4 is 4.90 Å². The number of para-hydroxylation sites is 1. The summed E-state index contributed by atoms with van der Waals surface area (Å²) >= 11 is 0. The van der Waals surface area contributed by atoms with E-state index in [0.29, 0.717) is 5.56 Å². The van der Waals surface area contributed by atoms with Crippen molar-refractivity contribution in [2.75, 3.05) is 4.90 Å². The zero-order valence-electron chi connectivity index (χ0n) is 11.0. The average Bonchev–Trinajstić information content (AvgIpc) is 2.40. The molecule has 19 heavy (non-hydrogen) atoms. The third kappa shape index (κ3) is 2.99. The van der Waals surface area contributed by atoms with Crippen molar-refractivity contribution >= 4 is 11.6 Å². The van der Waals surface area contributed by atoms with Crippen LogP contribution in [0.1, 0.15) is 24.2 Å². The number of hydrogen-bond donors (Lipinski definition) is 0. The maximum Gasteiger partial charge on any atom is 0.258 e. The highest BCUT2D eigenvalue weighted by Gasteiger charge is 2.20. The predicted octanol–water partition coefficient (Wildman–Crippen LogP) is 3.88. The third-order valence-corrected chi connectivity index (χ3v) is 2.86. The van der Waals surface area contributed by atoms with Crippen LogP contribution in [0.25, 0.3) is 0 Å². The van der Waals surface area contributed by atoms with E-state index in [9.17, 15) is 9.18 Å². The molecular weight excluding hydrogens is 241 g/mol. The molecule has 0 heterocycles. The van der Waals surface area contributed by atoms with Crippen LogP contribution in [-0.2, 0) is 0 Å². The molecule has 0 aliphatic carbocycles. The predicted molar refractivity (Wildman–Crippen MR) is 74.8 cm³/mol. The Morgan fingerprint density at radius 3 is 2.11 bits per heavy atom. The fourth-order valence-electron chi connectivity index (χ4n) is 1.97. The van der Waals surface area contributed by atoms with Gasteiger partial charge in [-0.3, -0.25) is 4.79 Å². The van der Waals surface area contributed by atoms with E-state index in [1.54, 1.807) is 4.90 Å². The number of carbonyl (C=O) groups excluding carboxylic acids is 1. The molecule has 0 saturated heterocycles. The van der Waals surface area contributed by atoms with Gasteiger partial charge in [-0.05, 0) is 50.2 Å². The quantitative estimate of drug-likeness (QED) is 0.817. The molecule has 3 heteroatoms. The molecule has 2 aromatic carbocycles. The van der Waals surface area contributed by atoms with Crippen molar-refractivity contribution in [2.45, 2.75) is 19.9 Å². The van der Waals surface area contributed by atoms with Crippen LogP contribution in [0.15, 0.2) is 54.6 Å². The topological polar surface area (TPSA) is 20.3 Å². The molecule has 0 saturated carbocycles. The van der Waals surface area contributed by atoms with Crippen molar-refractivity contribution in [3.05, 3.63) is 66.0 Å². The number of hydrogen-bond acceptors (Lipinski definition) is 1. The largest absolute Gasteiger partial charge is 0.306 e. The van der Waals surface area contributed by atoms with Crippen molar-refractivity contribution in [3.63, 3.8) is 0 Å². The van der Waals surface area contributed by atoms with Crippen molar-refractivity contribution in [1.82, 2.24) is 0 Å². The number of benzene rings is 2. The first-order chi connectivity index (χ1) is 9.09. The fourth-order valence-corrected chi connectivity index (χ4v) is 1.97. The summed E-state index contributed by atoms with van der Waals surface area (Å²) in [4.78, 5) is 14.2. The number of rotatable bonds is 3. The van der Waals surface area contributed by atoms with Gasteiger partial charge in [-0.2, -0.15) is 0 Å². The summed E-state index contributed by atoms with van der Waals surface area (Å²) in [6.07, 6.45) is 0. The minimum Gasteiger partial charge on any atom is -0.306 e. The number of halogens is 1. The summed E-state index contributed by atoms with van der Waals surface area (Å²) < 4.78 is 12.9. The molecule has 0 N–H and O–H groups in total. The molecule has 2 aromatic rings. The number of anilines is 1. The van der Waals surface area contributed by atoms with E-state index in [-0.39, 0.29) is 17.8 Å². The Morgan fingerprint density at radius 1 is 1.00 bits per heavy atom. The molecule has 2 nitrogen and oxygen atoms in total. The lowest BCUT2D eigenvalue weighted by Crippen LogP contribution is -2.37. The summed E-state index contributed by atoms with van der Waals surface area (Å²) in [5.41, 5.74) is 1.32. The van der Waals surface area contributed by atoms with E-state index in [4.69, 9.17) is 0 Å². The minimum absolute atomic E-state index is 0.0277. The summed E-state index contributed by atoms with van der Waals surface area (Å²) in [5.74, 6) is -0.464. The monoisotopic (exact) mass is 257 g/mol. The van der Waals surface area contributed by atoms with Crippen LogP contribution in [0.5, 0.6) is 0 Å². The Kier molecular flexibility index (Phi) is 3.95. The number of carbonyl (C=O) groups is 1. The van der Waals surface area contributed by atoms with E-state index in [0.717, 1.165) is 5.69 Å². The molecule has 0 aliphatic heterocycles. The average molecular weight is 257 g/mol. The minimum atomic E-state index is -0.340. The van der Waals surface area contributed by atoms with Crippen LogP contribution in [0, 0.1) is 5.82 Å². The van der Waals surface area contributed by atoms with Gasteiger partial charge in [0.15, 0.2) is 0 Å². The first-order valence-electron chi connectivity index (χ1n) is 6.24. The van der Waals surface area contributed by atoms with Gasteiger partial charge >= 0.3 is 0 Å². The van der Waals surface area contributed by atoms with E-state index >= 15 is 0 Å². The van der Waals surface area contributed by atoms with Gasteiger partial charge in [0.25, 0.3) is 5.91 Å². The lowest BCUT2D eigenvalue weighted by Gasteiger charge is -2.27. The molecule has 0 fully saturated rings. The summed E-state index contributed by atoms with van der Waals surface area (Å²) in [6.45, 7) is 3.91. The third-order valence-electron chi connectivity index (χ3n) is 2.86. The van der Waals surface area contributed by atoms with Crippen molar-refractivity contribution in [3.8, 4) is 0 Å². The standard InChI is InChI=1S/C16H16FNO/c1-12(2)18(15-6-4-3-5-7-15)16(19)13-8-10-14(17)11-9-13/h3-12H,1-2H3. The van der Waals surface area contributed by atoms with E-state index < -0.39 is 0 Å². The van der Waals surface area contributed by atoms with Gasteiger partial charge in [-0.1, -0.05) is 18.2 Å². The summed E-state index contributed by atoms with van der Waals surface area (Å²) in [7, 11) is 0. The molecule has 0 spiro atoms. The van der Waals surface area contributed by atoms with Crippen molar-refractivity contribution in [1.29, 1.82) is 0 Å². The molecule has 0 bridgehead atoms. The van der Waals surface area contributed by atoms with Gasteiger partial charge < -0.3 is 4.90 Å². The van der Waals surface area contributed by atoms with Gasteiger partial charge in [0.1, 0.15) is 5.82 Å². The summed E-state index contributed by atoms with van der Waals surface area (Å²) in [6, 6.07) is 15.1. The van der Waals surface area contributed by atoms with Crippen LogP contribution in [-0.4, -0.2) is 11.9 Å². The molecule has 0 unspecified atom stereocenters. The highest BCUT2D eigenvalue weighted by atomic mass is 19.1. The van der Waals surface area contributed by atoms with Crippen LogP contribution in [0.2, 0.25) is 0 Å². The Hall–Kier alpha value is -2.16. The molecular formula is C16H16FNO. The Morgan fingerprint density at radius 2 is 1.58 bits per heavy atom. The normalized spacial score (nSPS) is 10.5. The second kappa shape index (κ2) is 5.65. The lowest BCUT2D eigenvalue weighted by atomic mass is 10.1. The lowest BCUT2D eigenvalue weighted by molar-refractivity contribution is 0.0980. The second-order valence-corrected chi connectivity index (χ2v) is 4.61. The molecule has 0 radical (unpaired) electrons. The van der Waals surface area contributed by atoms with Gasteiger partial charge in [0, 0.05) is 17.3 Å². The summed E-state index contributed by atoms with van der Waals surface area (Å²) in [5, 5.41) is 0. The van der Waals surface area contributed by atoms with Crippen LogP contribution in [0.3, 0.4) is 0 Å². The Balaban J connectivity index is 2.35. The zero-order valence-corrected chi connectivity index (χ0v) is 11.0. The maximum atomic E-state index is 12.9. The maximum absolute atomic E-state index is 12.9. The fraction of sp³-hybridized carbons (Fsp3) is 0.188. The number of nitrogens with zero attached hydrogens (tertiary/aromatic N) is 1. The van der Waals surface area contributed by atoms with Crippen LogP contribution >= 0.6 is 0 Å². The Labute approximate surface area is 112 Å². The van der Waals surface area contributed by atoms with E-state index in [1.807, 2.05) is 44.2 Å².